The van der Waals surface area contributed by atoms with Crippen LogP contribution in [0.25, 0.3) is 0 Å². The van der Waals surface area contributed by atoms with Gasteiger partial charge in [0.1, 0.15) is 0 Å². The molecule has 0 amide bonds. The van der Waals surface area contributed by atoms with Crippen LogP contribution in [0.5, 0.6) is 0 Å². The molecule has 0 saturated heterocycles. The molecule has 0 aromatic heterocycles. The topological polar surface area (TPSA) is 23.9 Å². The standard InChI is InChI=1S/C8H13N/c1-6-4-3-5-7(2)8(6)9/h4,7,9H,3,5H2,1-2H3. The molecule has 0 aromatic carbocycles. The van der Waals surface area contributed by atoms with E-state index >= 15 is 0 Å². The number of hydrogen-bond acceptors (Lipinski definition) is 1. The van der Waals surface area contributed by atoms with Crippen molar-refractivity contribution in [3.05, 3.63) is 11.6 Å². The number of allylic oxidation sites excluding steroid dienone is 2. The van der Waals surface area contributed by atoms with Gasteiger partial charge < -0.3 is 5.41 Å². The fourth-order valence-electron chi connectivity index (χ4n) is 1.19. The lowest BCUT2D eigenvalue weighted by molar-refractivity contribution is 0.673. The first-order valence-electron chi connectivity index (χ1n) is 3.47. The Morgan fingerprint density at radius 3 is 2.78 bits per heavy atom. The van der Waals surface area contributed by atoms with Gasteiger partial charge in [0.2, 0.25) is 0 Å². The summed E-state index contributed by atoms with van der Waals surface area (Å²) >= 11 is 0. The van der Waals surface area contributed by atoms with Crippen LogP contribution in [0.1, 0.15) is 26.7 Å². The molecule has 1 unspecified atom stereocenters. The molecule has 0 radical (unpaired) electrons. The zero-order chi connectivity index (χ0) is 6.85. The van der Waals surface area contributed by atoms with Crippen molar-refractivity contribution in [3.8, 4) is 0 Å². The Balaban J connectivity index is 2.74. The summed E-state index contributed by atoms with van der Waals surface area (Å²) in [6.45, 7) is 4.15. The van der Waals surface area contributed by atoms with Crippen molar-refractivity contribution in [2.24, 2.45) is 5.92 Å². The van der Waals surface area contributed by atoms with Gasteiger partial charge in [-0.05, 0) is 31.3 Å². The molecule has 1 heteroatoms. The molecule has 0 fully saturated rings. The minimum Gasteiger partial charge on any atom is -0.305 e. The molecular formula is C8H13N. The van der Waals surface area contributed by atoms with E-state index in [-0.39, 0.29) is 0 Å². The van der Waals surface area contributed by atoms with Crippen LogP contribution < -0.4 is 0 Å². The van der Waals surface area contributed by atoms with Crippen LogP contribution in [0.2, 0.25) is 0 Å². The molecule has 1 nitrogen and oxygen atoms in total. The van der Waals surface area contributed by atoms with Gasteiger partial charge in [-0.15, -0.1) is 0 Å². The van der Waals surface area contributed by atoms with Crippen LogP contribution in [0, 0.1) is 11.3 Å². The molecule has 1 aliphatic rings. The lowest BCUT2D eigenvalue weighted by Crippen LogP contribution is -2.14. The smallest absolute Gasteiger partial charge is 0.0368 e. The maximum Gasteiger partial charge on any atom is 0.0368 e. The van der Waals surface area contributed by atoms with Crippen molar-refractivity contribution in [1.82, 2.24) is 0 Å². The largest absolute Gasteiger partial charge is 0.305 e. The lowest BCUT2D eigenvalue weighted by Gasteiger charge is -2.17. The molecule has 9 heavy (non-hydrogen) atoms. The molecule has 0 bridgehead atoms. The third-order valence-electron chi connectivity index (χ3n) is 1.97. The summed E-state index contributed by atoms with van der Waals surface area (Å²) in [6, 6.07) is 0. The summed E-state index contributed by atoms with van der Waals surface area (Å²) in [5.41, 5.74) is 2.01. The molecule has 1 atom stereocenters. The Morgan fingerprint density at radius 1 is 1.67 bits per heavy atom. The molecule has 0 saturated carbocycles. The monoisotopic (exact) mass is 123 g/mol. The van der Waals surface area contributed by atoms with Crippen LogP contribution in [0.4, 0.5) is 0 Å². The van der Waals surface area contributed by atoms with Crippen LogP contribution in [-0.2, 0) is 0 Å². The van der Waals surface area contributed by atoms with Gasteiger partial charge in [-0.2, -0.15) is 0 Å². The summed E-state index contributed by atoms with van der Waals surface area (Å²) < 4.78 is 0. The zero-order valence-corrected chi connectivity index (χ0v) is 6.07. The normalized spacial score (nSPS) is 28.0. The van der Waals surface area contributed by atoms with Crippen molar-refractivity contribution in [1.29, 1.82) is 5.41 Å². The Morgan fingerprint density at radius 2 is 2.33 bits per heavy atom. The fourth-order valence-corrected chi connectivity index (χ4v) is 1.19. The molecule has 0 heterocycles. The highest BCUT2D eigenvalue weighted by atomic mass is 14.4. The Labute approximate surface area is 56.3 Å². The SMILES string of the molecule is CC1=CCCC(C)C1=N. The maximum atomic E-state index is 7.53. The van der Waals surface area contributed by atoms with Gasteiger partial charge in [0.15, 0.2) is 0 Å². The lowest BCUT2D eigenvalue weighted by atomic mass is 9.89. The summed E-state index contributed by atoms with van der Waals surface area (Å²) in [7, 11) is 0. The van der Waals surface area contributed by atoms with Gasteiger partial charge >= 0.3 is 0 Å². The summed E-state index contributed by atoms with van der Waals surface area (Å²) in [4.78, 5) is 0. The molecule has 1 N–H and O–H groups in total. The van der Waals surface area contributed by atoms with E-state index in [4.69, 9.17) is 5.41 Å². The van der Waals surface area contributed by atoms with Crippen molar-refractivity contribution >= 4 is 5.71 Å². The highest BCUT2D eigenvalue weighted by Crippen LogP contribution is 2.19. The average Bonchev–Trinajstić information content (AvgIpc) is 1.83. The van der Waals surface area contributed by atoms with E-state index in [0.29, 0.717) is 5.92 Å². The van der Waals surface area contributed by atoms with Crippen molar-refractivity contribution in [2.45, 2.75) is 26.7 Å². The number of nitrogens with one attached hydrogen (secondary N) is 1. The quantitative estimate of drug-likeness (QED) is 0.511. The fraction of sp³-hybridized carbons (Fsp3) is 0.625. The first kappa shape index (κ1) is 6.53. The third kappa shape index (κ3) is 1.21. The van der Waals surface area contributed by atoms with E-state index in [0.717, 1.165) is 18.6 Å². The van der Waals surface area contributed by atoms with Crippen molar-refractivity contribution in [3.63, 3.8) is 0 Å². The van der Waals surface area contributed by atoms with Gasteiger partial charge in [0, 0.05) is 5.71 Å². The van der Waals surface area contributed by atoms with E-state index in [2.05, 4.69) is 13.0 Å². The Hall–Kier alpha value is -0.590. The summed E-state index contributed by atoms with van der Waals surface area (Å²) in [5, 5.41) is 7.53. The highest BCUT2D eigenvalue weighted by molar-refractivity contribution is 5.99. The molecule has 1 aliphatic carbocycles. The van der Waals surface area contributed by atoms with Crippen molar-refractivity contribution in [2.75, 3.05) is 0 Å². The van der Waals surface area contributed by atoms with E-state index < -0.39 is 0 Å². The van der Waals surface area contributed by atoms with Gasteiger partial charge in [-0.3, -0.25) is 0 Å². The van der Waals surface area contributed by atoms with E-state index in [1.807, 2.05) is 6.92 Å². The molecular weight excluding hydrogens is 110 g/mol. The second kappa shape index (κ2) is 2.34. The highest BCUT2D eigenvalue weighted by Gasteiger charge is 2.13. The molecule has 50 valence electrons. The van der Waals surface area contributed by atoms with Crippen LogP contribution in [-0.4, -0.2) is 5.71 Å². The maximum absolute atomic E-state index is 7.53. The van der Waals surface area contributed by atoms with Gasteiger partial charge in [-0.1, -0.05) is 13.0 Å². The van der Waals surface area contributed by atoms with E-state index in [1.54, 1.807) is 0 Å². The second-order valence-corrected chi connectivity index (χ2v) is 2.78. The third-order valence-corrected chi connectivity index (χ3v) is 1.97. The molecule has 1 rings (SSSR count). The molecule has 0 spiro atoms. The Bertz CT molecular complexity index is 156. The van der Waals surface area contributed by atoms with Crippen LogP contribution >= 0.6 is 0 Å². The van der Waals surface area contributed by atoms with Gasteiger partial charge in [0.05, 0.1) is 0 Å². The van der Waals surface area contributed by atoms with Crippen molar-refractivity contribution < 1.29 is 0 Å². The first-order chi connectivity index (χ1) is 4.22. The van der Waals surface area contributed by atoms with Crippen LogP contribution in [0.15, 0.2) is 11.6 Å². The van der Waals surface area contributed by atoms with Crippen LogP contribution in [0.3, 0.4) is 0 Å². The minimum atomic E-state index is 0.495. The minimum absolute atomic E-state index is 0.495. The average molecular weight is 123 g/mol. The number of rotatable bonds is 0. The van der Waals surface area contributed by atoms with E-state index in [1.165, 1.54) is 5.57 Å². The van der Waals surface area contributed by atoms with Gasteiger partial charge in [-0.25, -0.2) is 0 Å². The van der Waals surface area contributed by atoms with E-state index in [9.17, 15) is 0 Å². The number of hydrogen-bond donors (Lipinski definition) is 1. The summed E-state index contributed by atoms with van der Waals surface area (Å²) in [5.74, 6) is 0.495. The van der Waals surface area contributed by atoms with Gasteiger partial charge in [0.25, 0.3) is 0 Å². The summed E-state index contributed by atoms with van der Waals surface area (Å²) in [6.07, 6.45) is 4.48. The predicted molar refractivity (Wildman–Crippen MR) is 39.9 cm³/mol. The zero-order valence-electron chi connectivity index (χ0n) is 6.07. The molecule has 0 aliphatic heterocycles. The molecule has 0 aromatic rings. The first-order valence-corrected chi connectivity index (χ1v) is 3.47. The second-order valence-electron chi connectivity index (χ2n) is 2.78. The predicted octanol–water partition coefficient (Wildman–Crippen LogP) is 2.38. The Kier molecular flexibility index (Phi) is 1.70.